The number of hydrogen-bond donors (Lipinski definition) is 0. The Hall–Kier alpha value is -7.31. The van der Waals surface area contributed by atoms with Gasteiger partial charge in [-0.1, -0.05) is 113 Å². The van der Waals surface area contributed by atoms with Crippen LogP contribution in [-0.4, -0.2) is 29.5 Å². The van der Waals surface area contributed by atoms with Crippen LogP contribution in [0.25, 0.3) is 105 Å². The van der Waals surface area contributed by atoms with Crippen LogP contribution in [0, 0.1) is 0 Å². The average molecular weight is 787 g/mol. The van der Waals surface area contributed by atoms with E-state index in [1.54, 1.807) is 0 Å². The van der Waals surface area contributed by atoms with E-state index < -0.39 is 0 Å². The van der Waals surface area contributed by atoms with E-state index in [0.717, 1.165) is 60.3 Å². The predicted molar refractivity (Wildman–Crippen MR) is 251 cm³/mol. The monoisotopic (exact) mass is 786 g/mol. The van der Waals surface area contributed by atoms with Gasteiger partial charge >= 0.3 is 0 Å². The molecule has 0 bridgehead atoms. The van der Waals surface area contributed by atoms with Gasteiger partial charge in [0.1, 0.15) is 0 Å². The molecule has 4 heterocycles. The van der Waals surface area contributed by atoms with Gasteiger partial charge in [0.15, 0.2) is 17.5 Å². The Morgan fingerprint density at radius 1 is 0.426 bits per heavy atom. The lowest BCUT2D eigenvalue weighted by Crippen LogP contribution is -2.33. The summed E-state index contributed by atoms with van der Waals surface area (Å²) in [6.45, 7) is 9.63. The summed E-state index contributed by atoms with van der Waals surface area (Å²) >= 11 is 0. The molecule has 4 aromatic heterocycles. The van der Waals surface area contributed by atoms with Gasteiger partial charge in [-0.25, -0.2) is 15.0 Å². The first-order valence-corrected chi connectivity index (χ1v) is 21.2. The van der Waals surface area contributed by atoms with Gasteiger partial charge in [0.05, 0.1) is 22.1 Å². The summed E-state index contributed by atoms with van der Waals surface area (Å²) < 4.78 is 2.46. The summed E-state index contributed by atoms with van der Waals surface area (Å²) in [6, 6.07) is 52.2. The highest BCUT2D eigenvalue weighted by Gasteiger charge is 2.38. The smallest absolute Gasteiger partial charge is 0.164 e. The van der Waals surface area contributed by atoms with Crippen molar-refractivity contribution in [3.05, 3.63) is 169 Å². The first kappa shape index (κ1) is 35.6. The van der Waals surface area contributed by atoms with E-state index in [1.807, 2.05) is 24.5 Å². The molecule has 11 aromatic rings. The van der Waals surface area contributed by atoms with E-state index >= 15 is 0 Å². The molecular formula is C55H42N6. The molecule has 1 aliphatic rings. The summed E-state index contributed by atoms with van der Waals surface area (Å²) in [5, 5.41) is 9.07. The van der Waals surface area contributed by atoms with Crippen LogP contribution in [0.1, 0.15) is 51.7 Å². The van der Waals surface area contributed by atoms with E-state index in [4.69, 9.17) is 24.9 Å². The van der Waals surface area contributed by atoms with E-state index in [1.165, 1.54) is 51.2 Å². The Balaban J connectivity index is 1.06. The maximum atomic E-state index is 5.27. The second-order valence-corrected chi connectivity index (χ2v) is 18.0. The second kappa shape index (κ2) is 13.1. The Labute approximate surface area is 353 Å². The molecule has 0 N–H and O–H groups in total. The molecule has 7 aromatic carbocycles. The molecule has 0 aliphatic heterocycles. The summed E-state index contributed by atoms with van der Waals surface area (Å²) in [7, 11) is 0. The SMILES string of the molecule is CC1(C)CCC(C)(C)c2cc3c(cc21)c1ccccc1n3-c1ccc2ccc(-c3nc(-c4ccc5ccccc5c4)nc(-c4cc5cccnc5c5ncccc45)n3)cc2c1. The standard InChI is InChI=1S/C55H42N6/c1-54(2)23-24-55(3,4)46-32-48-43(31-45(46)54)41-14-7-8-16-47(41)61(48)40-22-21-34-18-20-38(28-39(34)29-40)52-58-51(37-19-17-33-11-5-6-12-35(33)27-37)59-53(60-52)44-30-36-13-9-25-56-49(36)50-42(44)15-10-26-57-50/h5-22,25-32H,23-24H2,1-4H3. The van der Waals surface area contributed by atoms with Crippen molar-refractivity contribution in [1.29, 1.82) is 0 Å². The van der Waals surface area contributed by atoms with Crippen LogP contribution in [0.2, 0.25) is 0 Å². The molecule has 292 valence electrons. The van der Waals surface area contributed by atoms with Crippen LogP contribution in [0.3, 0.4) is 0 Å². The summed E-state index contributed by atoms with van der Waals surface area (Å²) in [5.41, 5.74) is 11.1. The third kappa shape index (κ3) is 5.66. The molecule has 0 atom stereocenters. The number of benzene rings is 7. The largest absolute Gasteiger partial charge is 0.309 e. The summed E-state index contributed by atoms with van der Waals surface area (Å²) in [4.78, 5) is 25.2. The van der Waals surface area contributed by atoms with Gasteiger partial charge in [-0.3, -0.25) is 9.97 Å². The number of pyridine rings is 2. The molecule has 12 rings (SSSR count). The van der Waals surface area contributed by atoms with Crippen molar-refractivity contribution in [3.63, 3.8) is 0 Å². The second-order valence-electron chi connectivity index (χ2n) is 18.0. The van der Waals surface area contributed by atoms with E-state index in [2.05, 4.69) is 166 Å². The van der Waals surface area contributed by atoms with Gasteiger partial charge in [0.2, 0.25) is 0 Å². The molecule has 0 unspecified atom stereocenters. The summed E-state index contributed by atoms with van der Waals surface area (Å²) in [5.74, 6) is 1.81. The Bertz CT molecular complexity index is 3610. The molecule has 6 nitrogen and oxygen atoms in total. The van der Waals surface area contributed by atoms with Crippen molar-refractivity contribution in [1.82, 2.24) is 29.5 Å². The van der Waals surface area contributed by atoms with Crippen molar-refractivity contribution in [3.8, 4) is 39.9 Å². The van der Waals surface area contributed by atoms with E-state index in [0.29, 0.717) is 17.5 Å². The normalized spacial score (nSPS) is 14.7. The quantitative estimate of drug-likeness (QED) is 0.166. The Kier molecular flexibility index (Phi) is 7.65. The Morgan fingerprint density at radius 3 is 1.80 bits per heavy atom. The fraction of sp³-hybridized carbons (Fsp3) is 0.145. The highest BCUT2D eigenvalue weighted by molar-refractivity contribution is 6.11. The highest BCUT2D eigenvalue weighted by Crippen LogP contribution is 2.48. The van der Waals surface area contributed by atoms with E-state index in [-0.39, 0.29) is 10.8 Å². The van der Waals surface area contributed by atoms with Crippen LogP contribution in [0.4, 0.5) is 0 Å². The highest BCUT2D eigenvalue weighted by atomic mass is 15.0. The molecule has 0 saturated carbocycles. The van der Waals surface area contributed by atoms with Crippen molar-refractivity contribution in [2.45, 2.75) is 51.4 Å². The molecule has 61 heavy (non-hydrogen) atoms. The van der Waals surface area contributed by atoms with Crippen molar-refractivity contribution >= 4 is 65.2 Å². The molecule has 0 radical (unpaired) electrons. The topological polar surface area (TPSA) is 69.4 Å². The number of rotatable bonds is 4. The van der Waals surface area contributed by atoms with Crippen LogP contribution in [0.5, 0.6) is 0 Å². The molecular weight excluding hydrogens is 745 g/mol. The Morgan fingerprint density at radius 2 is 1.02 bits per heavy atom. The van der Waals surface area contributed by atoms with Crippen molar-refractivity contribution < 1.29 is 0 Å². The van der Waals surface area contributed by atoms with Gasteiger partial charge in [-0.2, -0.15) is 0 Å². The first-order chi connectivity index (χ1) is 29.7. The van der Waals surface area contributed by atoms with Gasteiger partial charge in [-0.15, -0.1) is 0 Å². The minimum atomic E-state index is 0.0975. The lowest BCUT2D eigenvalue weighted by atomic mass is 9.63. The first-order valence-electron chi connectivity index (χ1n) is 21.2. The number of para-hydroxylation sites is 1. The van der Waals surface area contributed by atoms with Gasteiger partial charge in [-0.05, 0) is 117 Å². The zero-order chi connectivity index (χ0) is 41.0. The third-order valence-corrected chi connectivity index (χ3v) is 13.3. The molecule has 0 amide bonds. The fourth-order valence-corrected chi connectivity index (χ4v) is 9.86. The number of aromatic nitrogens is 6. The third-order valence-electron chi connectivity index (χ3n) is 13.3. The lowest BCUT2D eigenvalue weighted by Gasteiger charge is -2.42. The number of nitrogens with zero attached hydrogens (tertiary/aromatic N) is 6. The average Bonchev–Trinajstić information content (AvgIpc) is 3.63. The van der Waals surface area contributed by atoms with Crippen molar-refractivity contribution in [2.75, 3.05) is 0 Å². The maximum absolute atomic E-state index is 5.27. The minimum Gasteiger partial charge on any atom is -0.309 e. The molecule has 1 aliphatic carbocycles. The van der Waals surface area contributed by atoms with Gasteiger partial charge in [0.25, 0.3) is 0 Å². The van der Waals surface area contributed by atoms with Crippen molar-refractivity contribution in [2.24, 2.45) is 0 Å². The zero-order valence-electron chi connectivity index (χ0n) is 34.6. The van der Waals surface area contributed by atoms with Crippen LogP contribution in [0.15, 0.2) is 158 Å². The molecule has 6 heteroatoms. The number of fused-ring (bicyclic) bond motifs is 9. The van der Waals surface area contributed by atoms with Gasteiger partial charge < -0.3 is 4.57 Å². The predicted octanol–water partition coefficient (Wildman–Crippen LogP) is 13.7. The van der Waals surface area contributed by atoms with Crippen LogP contribution in [-0.2, 0) is 10.8 Å². The number of hydrogen-bond acceptors (Lipinski definition) is 5. The molecule has 0 saturated heterocycles. The lowest BCUT2D eigenvalue weighted by molar-refractivity contribution is 0.332. The zero-order valence-corrected chi connectivity index (χ0v) is 34.6. The summed E-state index contributed by atoms with van der Waals surface area (Å²) in [6.07, 6.45) is 5.99. The van der Waals surface area contributed by atoms with Gasteiger partial charge in [0, 0.05) is 56.3 Å². The van der Waals surface area contributed by atoms with Crippen LogP contribution < -0.4 is 0 Å². The van der Waals surface area contributed by atoms with Crippen LogP contribution >= 0.6 is 0 Å². The minimum absolute atomic E-state index is 0.0975. The fourth-order valence-electron chi connectivity index (χ4n) is 9.86. The molecule has 0 spiro atoms. The maximum Gasteiger partial charge on any atom is 0.164 e. The molecule has 0 fully saturated rings. The van der Waals surface area contributed by atoms with E-state index in [9.17, 15) is 0 Å².